The van der Waals surface area contributed by atoms with E-state index in [1.165, 1.54) is 12.0 Å². The van der Waals surface area contributed by atoms with Gasteiger partial charge in [0.25, 0.3) is 0 Å². The number of ether oxygens (including phenoxy) is 1. The quantitative estimate of drug-likeness (QED) is 0.689. The predicted molar refractivity (Wildman–Crippen MR) is 64.2 cm³/mol. The van der Waals surface area contributed by atoms with Crippen LogP contribution in [0.25, 0.3) is 0 Å². The Morgan fingerprint density at radius 1 is 1.41 bits per heavy atom. The predicted octanol–water partition coefficient (Wildman–Crippen LogP) is 0.524. The van der Waals surface area contributed by atoms with Crippen LogP contribution in [0, 0.1) is 5.92 Å². The number of hydrogen-bond acceptors (Lipinski definition) is 4. The Labute approximate surface area is 102 Å². The highest BCUT2D eigenvalue weighted by Gasteiger charge is 2.31. The molecular formula is C12H22N2O3. The van der Waals surface area contributed by atoms with Gasteiger partial charge >= 0.3 is 5.97 Å². The number of esters is 1. The molecule has 0 bridgehead atoms. The van der Waals surface area contributed by atoms with Crippen molar-refractivity contribution in [2.75, 3.05) is 13.7 Å². The third-order valence-corrected chi connectivity index (χ3v) is 3.11. The van der Waals surface area contributed by atoms with Gasteiger partial charge in [-0.25, -0.2) is 0 Å². The van der Waals surface area contributed by atoms with Gasteiger partial charge in [-0.05, 0) is 32.6 Å². The first kappa shape index (κ1) is 14.0. The van der Waals surface area contributed by atoms with Crippen LogP contribution in [-0.2, 0) is 14.3 Å². The van der Waals surface area contributed by atoms with E-state index < -0.39 is 5.97 Å². The molecule has 1 unspecified atom stereocenters. The zero-order valence-corrected chi connectivity index (χ0v) is 10.8. The maximum Gasteiger partial charge on any atom is 0.325 e. The van der Waals surface area contributed by atoms with Gasteiger partial charge in [-0.15, -0.1) is 0 Å². The SMILES string of the molecule is COC(=O)CN(C(=O)CC(N)C1CC1)C(C)C. The average Bonchev–Trinajstić information content (AvgIpc) is 3.08. The fraction of sp³-hybridized carbons (Fsp3) is 0.833. The molecule has 1 aliphatic carbocycles. The second-order valence-electron chi connectivity index (χ2n) is 4.90. The molecular weight excluding hydrogens is 220 g/mol. The van der Waals surface area contributed by atoms with E-state index >= 15 is 0 Å². The maximum atomic E-state index is 12.0. The Balaban J connectivity index is 2.50. The van der Waals surface area contributed by atoms with Gasteiger partial charge in [0.15, 0.2) is 0 Å². The molecule has 17 heavy (non-hydrogen) atoms. The fourth-order valence-electron chi connectivity index (χ4n) is 1.77. The zero-order valence-electron chi connectivity index (χ0n) is 10.8. The number of methoxy groups -OCH3 is 1. The standard InChI is InChI=1S/C12H22N2O3/c1-8(2)14(7-12(16)17-3)11(15)6-10(13)9-4-5-9/h8-10H,4-7,13H2,1-3H3. The summed E-state index contributed by atoms with van der Waals surface area (Å²) in [5.74, 6) is 0.0305. The van der Waals surface area contributed by atoms with Crippen LogP contribution in [0.5, 0.6) is 0 Å². The van der Waals surface area contributed by atoms with Crippen molar-refractivity contribution in [1.82, 2.24) is 4.90 Å². The van der Waals surface area contributed by atoms with Crippen LogP contribution in [0.15, 0.2) is 0 Å². The van der Waals surface area contributed by atoms with Gasteiger partial charge in [0.1, 0.15) is 6.54 Å². The molecule has 5 nitrogen and oxygen atoms in total. The largest absolute Gasteiger partial charge is 0.468 e. The Morgan fingerprint density at radius 2 is 2.00 bits per heavy atom. The first-order chi connectivity index (χ1) is 7.95. The minimum Gasteiger partial charge on any atom is -0.468 e. The molecule has 5 heteroatoms. The van der Waals surface area contributed by atoms with Crippen molar-refractivity contribution in [3.63, 3.8) is 0 Å². The van der Waals surface area contributed by atoms with Gasteiger partial charge in [0.05, 0.1) is 7.11 Å². The topological polar surface area (TPSA) is 72.6 Å². The van der Waals surface area contributed by atoms with E-state index in [1.54, 1.807) is 0 Å². The molecule has 1 saturated carbocycles. The average molecular weight is 242 g/mol. The lowest BCUT2D eigenvalue weighted by Gasteiger charge is -2.26. The summed E-state index contributed by atoms with van der Waals surface area (Å²) in [6, 6.07) is -0.0885. The Kier molecular flexibility index (Phi) is 4.93. The molecule has 0 aromatic heterocycles. The molecule has 1 fully saturated rings. The summed E-state index contributed by atoms with van der Waals surface area (Å²) in [5.41, 5.74) is 5.92. The molecule has 0 aromatic rings. The molecule has 0 heterocycles. The minimum absolute atomic E-state index is 0.00435. The molecule has 1 amide bonds. The smallest absolute Gasteiger partial charge is 0.325 e. The summed E-state index contributed by atoms with van der Waals surface area (Å²) in [5, 5.41) is 0. The second-order valence-corrected chi connectivity index (χ2v) is 4.90. The van der Waals surface area contributed by atoms with Crippen molar-refractivity contribution in [3.05, 3.63) is 0 Å². The molecule has 0 radical (unpaired) electrons. The van der Waals surface area contributed by atoms with E-state index in [9.17, 15) is 9.59 Å². The van der Waals surface area contributed by atoms with Crippen LogP contribution in [-0.4, -0.2) is 42.5 Å². The second kappa shape index (κ2) is 6.00. The molecule has 0 aromatic carbocycles. The summed E-state index contributed by atoms with van der Waals surface area (Å²) in [6.45, 7) is 3.76. The van der Waals surface area contributed by atoms with Crippen molar-refractivity contribution in [3.8, 4) is 0 Å². The molecule has 2 N–H and O–H groups in total. The van der Waals surface area contributed by atoms with Crippen molar-refractivity contribution < 1.29 is 14.3 Å². The van der Waals surface area contributed by atoms with Gasteiger partial charge in [-0.3, -0.25) is 9.59 Å². The van der Waals surface area contributed by atoms with Crippen LogP contribution in [0.1, 0.15) is 33.1 Å². The van der Waals surface area contributed by atoms with Gasteiger partial charge in [0.2, 0.25) is 5.91 Å². The minimum atomic E-state index is -0.396. The van der Waals surface area contributed by atoms with Crippen LogP contribution in [0.4, 0.5) is 0 Å². The number of carbonyl (C=O) groups excluding carboxylic acids is 2. The third-order valence-electron chi connectivity index (χ3n) is 3.11. The lowest BCUT2D eigenvalue weighted by Crippen LogP contribution is -2.43. The number of amides is 1. The highest BCUT2D eigenvalue weighted by Crippen LogP contribution is 2.33. The van der Waals surface area contributed by atoms with Crippen molar-refractivity contribution in [2.24, 2.45) is 11.7 Å². The molecule has 1 rings (SSSR count). The Hall–Kier alpha value is -1.10. The monoisotopic (exact) mass is 242 g/mol. The van der Waals surface area contributed by atoms with E-state index in [0.29, 0.717) is 12.3 Å². The van der Waals surface area contributed by atoms with Gasteiger partial charge < -0.3 is 15.4 Å². The first-order valence-electron chi connectivity index (χ1n) is 6.07. The maximum absolute atomic E-state index is 12.0. The van der Waals surface area contributed by atoms with Gasteiger partial charge in [0, 0.05) is 18.5 Å². The van der Waals surface area contributed by atoms with Crippen molar-refractivity contribution in [1.29, 1.82) is 0 Å². The fourth-order valence-corrected chi connectivity index (χ4v) is 1.77. The molecule has 98 valence electrons. The van der Waals surface area contributed by atoms with Crippen molar-refractivity contribution >= 4 is 11.9 Å². The number of nitrogens with zero attached hydrogens (tertiary/aromatic N) is 1. The van der Waals surface area contributed by atoms with E-state index in [-0.39, 0.29) is 24.5 Å². The molecule has 0 saturated heterocycles. The van der Waals surface area contributed by atoms with Crippen LogP contribution < -0.4 is 5.73 Å². The lowest BCUT2D eigenvalue weighted by molar-refractivity contribution is -0.148. The summed E-state index contributed by atoms with van der Waals surface area (Å²) >= 11 is 0. The summed E-state index contributed by atoms with van der Waals surface area (Å²) in [4.78, 5) is 24.8. The zero-order chi connectivity index (χ0) is 13.0. The number of hydrogen-bond donors (Lipinski definition) is 1. The van der Waals surface area contributed by atoms with E-state index in [1.807, 2.05) is 13.8 Å². The first-order valence-corrected chi connectivity index (χ1v) is 6.07. The Morgan fingerprint density at radius 3 is 2.41 bits per heavy atom. The normalized spacial score (nSPS) is 16.8. The van der Waals surface area contributed by atoms with Crippen LogP contribution in [0.2, 0.25) is 0 Å². The number of rotatable bonds is 6. The van der Waals surface area contributed by atoms with E-state index in [0.717, 1.165) is 12.8 Å². The molecule has 1 aliphatic rings. The van der Waals surface area contributed by atoms with E-state index in [4.69, 9.17) is 5.73 Å². The summed E-state index contributed by atoms with van der Waals surface area (Å²) in [6.07, 6.45) is 2.56. The van der Waals surface area contributed by atoms with Crippen molar-refractivity contribution in [2.45, 2.75) is 45.2 Å². The molecule has 0 aliphatic heterocycles. The summed E-state index contributed by atoms with van der Waals surface area (Å²) < 4.78 is 4.58. The highest BCUT2D eigenvalue weighted by molar-refractivity contribution is 5.82. The van der Waals surface area contributed by atoms with Crippen LogP contribution >= 0.6 is 0 Å². The molecule has 1 atom stereocenters. The molecule has 0 spiro atoms. The van der Waals surface area contributed by atoms with Gasteiger partial charge in [-0.1, -0.05) is 0 Å². The van der Waals surface area contributed by atoms with Gasteiger partial charge in [-0.2, -0.15) is 0 Å². The lowest BCUT2D eigenvalue weighted by atomic mass is 10.1. The third kappa shape index (κ3) is 4.34. The highest BCUT2D eigenvalue weighted by atomic mass is 16.5. The number of nitrogens with two attached hydrogens (primary N) is 1. The van der Waals surface area contributed by atoms with E-state index in [2.05, 4.69) is 4.74 Å². The number of carbonyl (C=O) groups is 2. The summed E-state index contributed by atoms with van der Waals surface area (Å²) in [7, 11) is 1.32. The Bertz CT molecular complexity index is 287. The van der Waals surface area contributed by atoms with Crippen LogP contribution in [0.3, 0.4) is 0 Å².